The van der Waals surface area contributed by atoms with Crippen LogP contribution in [-0.2, 0) is 10.0 Å². The zero-order valence-corrected chi connectivity index (χ0v) is 14.7. The highest BCUT2D eigenvalue weighted by atomic mass is 32.2. The predicted molar refractivity (Wildman–Crippen MR) is 94.3 cm³/mol. The molecule has 1 N–H and O–H groups in total. The Morgan fingerprint density at radius 1 is 0.960 bits per heavy atom. The van der Waals surface area contributed by atoms with Crippen molar-refractivity contribution < 1.29 is 17.9 Å². The Morgan fingerprint density at radius 3 is 2.40 bits per heavy atom. The number of hydrogen-bond acceptors (Lipinski definition) is 4. The summed E-state index contributed by atoms with van der Waals surface area (Å²) in [5, 5.41) is 0. The standard InChI is InChI=1S/C19H21NO4S/c21-25(22,16-9-10-17-18(13-16)24-12-4-11-23-17)20-19(15-7-8-15)14-5-2-1-3-6-14/h1-3,5-6,9-10,13,15,19-20H,4,7-8,11-12H2/t19-/m1/s1. The van der Waals surface area contributed by atoms with Gasteiger partial charge in [0.05, 0.1) is 18.1 Å². The molecule has 0 saturated heterocycles. The molecular weight excluding hydrogens is 338 g/mol. The summed E-state index contributed by atoms with van der Waals surface area (Å²) in [6, 6.07) is 14.4. The fourth-order valence-corrected chi connectivity index (χ4v) is 4.38. The molecule has 0 amide bonds. The van der Waals surface area contributed by atoms with Crippen LogP contribution in [0.5, 0.6) is 11.5 Å². The lowest BCUT2D eigenvalue weighted by molar-refractivity contribution is 0.297. The lowest BCUT2D eigenvalue weighted by Gasteiger charge is -2.19. The number of sulfonamides is 1. The fraction of sp³-hybridized carbons (Fsp3) is 0.368. The summed E-state index contributed by atoms with van der Waals surface area (Å²) < 4.78 is 39.9. The van der Waals surface area contributed by atoms with Crippen molar-refractivity contribution in [3.63, 3.8) is 0 Å². The van der Waals surface area contributed by atoms with E-state index in [2.05, 4.69) is 4.72 Å². The molecule has 2 aliphatic rings. The van der Waals surface area contributed by atoms with Gasteiger partial charge in [-0.2, -0.15) is 0 Å². The van der Waals surface area contributed by atoms with Crippen LogP contribution in [0.25, 0.3) is 0 Å². The smallest absolute Gasteiger partial charge is 0.241 e. The van der Waals surface area contributed by atoms with Crippen molar-refractivity contribution in [2.24, 2.45) is 5.92 Å². The van der Waals surface area contributed by atoms with Gasteiger partial charge in [-0.15, -0.1) is 0 Å². The van der Waals surface area contributed by atoms with Crippen LogP contribution in [0.15, 0.2) is 53.4 Å². The molecule has 0 bridgehead atoms. The normalized spacial score (nSPS) is 18.4. The topological polar surface area (TPSA) is 64.6 Å². The van der Waals surface area contributed by atoms with E-state index in [9.17, 15) is 8.42 Å². The highest BCUT2D eigenvalue weighted by Gasteiger charge is 2.35. The van der Waals surface area contributed by atoms with Crippen molar-refractivity contribution in [1.82, 2.24) is 4.72 Å². The minimum absolute atomic E-state index is 0.192. The molecule has 1 aliphatic carbocycles. The van der Waals surface area contributed by atoms with Gasteiger partial charge >= 0.3 is 0 Å². The maximum Gasteiger partial charge on any atom is 0.241 e. The average Bonchev–Trinajstić information content (AvgIpc) is 3.46. The second kappa shape index (κ2) is 6.69. The van der Waals surface area contributed by atoms with Gasteiger partial charge in [0.1, 0.15) is 0 Å². The molecular formula is C19H21NO4S. The zero-order chi connectivity index (χ0) is 17.3. The summed E-state index contributed by atoms with van der Waals surface area (Å²) in [5.41, 5.74) is 1.00. The number of nitrogens with one attached hydrogen (secondary N) is 1. The molecule has 0 aromatic heterocycles. The first-order valence-corrected chi connectivity index (χ1v) is 10.1. The Hall–Kier alpha value is -2.05. The van der Waals surface area contributed by atoms with E-state index in [4.69, 9.17) is 9.47 Å². The third-order valence-electron chi connectivity index (χ3n) is 4.56. The van der Waals surface area contributed by atoms with Crippen LogP contribution in [0.4, 0.5) is 0 Å². The molecule has 2 aromatic rings. The van der Waals surface area contributed by atoms with Gasteiger partial charge in [-0.25, -0.2) is 13.1 Å². The van der Waals surface area contributed by atoms with Crippen LogP contribution in [-0.4, -0.2) is 21.6 Å². The molecule has 132 valence electrons. The average molecular weight is 359 g/mol. The van der Waals surface area contributed by atoms with E-state index in [-0.39, 0.29) is 10.9 Å². The molecule has 6 heteroatoms. The molecule has 1 aliphatic heterocycles. The largest absolute Gasteiger partial charge is 0.490 e. The molecule has 2 aromatic carbocycles. The van der Waals surface area contributed by atoms with Crippen LogP contribution < -0.4 is 14.2 Å². The van der Waals surface area contributed by atoms with Gasteiger partial charge < -0.3 is 9.47 Å². The maximum absolute atomic E-state index is 12.9. The third-order valence-corrected chi connectivity index (χ3v) is 6.00. The molecule has 1 fully saturated rings. The van der Waals surface area contributed by atoms with E-state index in [1.54, 1.807) is 18.2 Å². The molecule has 1 heterocycles. The quantitative estimate of drug-likeness (QED) is 0.890. The molecule has 25 heavy (non-hydrogen) atoms. The summed E-state index contributed by atoms with van der Waals surface area (Å²) >= 11 is 0. The van der Waals surface area contributed by atoms with E-state index in [1.807, 2.05) is 30.3 Å². The second-order valence-electron chi connectivity index (χ2n) is 6.51. The summed E-state index contributed by atoms with van der Waals surface area (Å²) in [6.07, 6.45) is 2.87. The first-order chi connectivity index (χ1) is 12.1. The lowest BCUT2D eigenvalue weighted by Crippen LogP contribution is -2.30. The highest BCUT2D eigenvalue weighted by Crippen LogP contribution is 2.42. The van der Waals surface area contributed by atoms with Gasteiger partial charge in [-0.3, -0.25) is 0 Å². The first-order valence-electron chi connectivity index (χ1n) is 8.60. The van der Waals surface area contributed by atoms with E-state index < -0.39 is 10.0 Å². The number of fused-ring (bicyclic) bond motifs is 1. The monoisotopic (exact) mass is 359 g/mol. The van der Waals surface area contributed by atoms with Crippen molar-refractivity contribution in [3.8, 4) is 11.5 Å². The molecule has 1 atom stereocenters. The predicted octanol–water partition coefficient (Wildman–Crippen LogP) is 3.28. The molecule has 5 nitrogen and oxygen atoms in total. The second-order valence-corrected chi connectivity index (χ2v) is 8.22. The Bertz CT molecular complexity index is 847. The summed E-state index contributed by atoms with van der Waals surface area (Å²) in [6.45, 7) is 1.10. The van der Waals surface area contributed by atoms with Crippen LogP contribution in [0, 0.1) is 5.92 Å². The minimum Gasteiger partial charge on any atom is -0.490 e. The first kappa shape index (κ1) is 16.4. The fourth-order valence-electron chi connectivity index (χ4n) is 3.07. The summed E-state index contributed by atoms with van der Waals surface area (Å²) in [5.74, 6) is 1.44. The van der Waals surface area contributed by atoms with Crippen LogP contribution in [0.2, 0.25) is 0 Å². The molecule has 4 rings (SSSR count). The lowest BCUT2D eigenvalue weighted by atomic mass is 10.0. The Morgan fingerprint density at radius 2 is 1.68 bits per heavy atom. The van der Waals surface area contributed by atoms with Gasteiger partial charge in [0.15, 0.2) is 11.5 Å². The van der Waals surface area contributed by atoms with Gasteiger partial charge in [-0.1, -0.05) is 30.3 Å². The minimum atomic E-state index is -3.64. The van der Waals surface area contributed by atoms with Crippen LogP contribution in [0.3, 0.4) is 0 Å². The molecule has 1 saturated carbocycles. The van der Waals surface area contributed by atoms with E-state index in [0.717, 1.165) is 24.8 Å². The Balaban J connectivity index is 1.62. The maximum atomic E-state index is 12.9. The number of rotatable bonds is 5. The Kier molecular flexibility index (Phi) is 4.39. The van der Waals surface area contributed by atoms with Gasteiger partial charge in [-0.05, 0) is 36.5 Å². The van der Waals surface area contributed by atoms with E-state index >= 15 is 0 Å². The highest BCUT2D eigenvalue weighted by molar-refractivity contribution is 7.89. The van der Waals surface area contributed by atoms with E-state index in [1.165, 1.54) is 0 Å². The summed E-state index contributed by atoms with van der Waals surface area (Å²) in [7, 11) is -3.64. The molecule has 0 unspecified atom stereocenters. The van der Waals surface area contributed by atoms with E-state index in [0.29, 0.717) is 30.6 Å². The van der Waals surface area contributed by atoms with Gasteiger partial charge in [0.2, 0.25) is 10.0 Å². The van der Waals surface area contributed by atoms with Gasteiger partial charge in [0, 0.05) is 18.5 Å². The molecule has 0 radical (unpaired) electrons. The van der Waals surface area contributed by atoms with Crippen molar-refractivity contribution >= 4 is 10.0 Å². The zero-order valence-electron chi connectivity index (χ0n) is 13.9. The van der Waals surface area contributed by atoms with Crippen molar-refractivity contribution in [2.75, 3.05) is 13.2 Å². The summed E-state index contributed by atoms with van der Waals surface area (Å²) in [4.78, 5) is 0.207. The van der Waals surface area contributed by atoms with Crippen molar-refractivity contribution in [2.45, 2.75) is 30.2 Å². The number of ether oxygens (including phenoxy) is 2. The van der Waals surface area contributed by atoms with Crippen LogP contribution >= 0.6 is 0 Å². The third kappa shape index (κ3) is 3.65. The van der Waals surface area contributed by atoms with Gasteiger partial charge in [0.25, 0.3) is 0 Å². The number of benzene rings is 2. The number of hydrogen-bond donors (Lipinski definition) is 1. The van der Waals surface area contributed by atoms with Crippen molar-refractivity contribution in [1.29, 1.82) is 0 Å². The molecule has 0 spiro atoms. The Labute approximate surface area is 148 Å². The SMILES string of the molecule is O=S(=O)(N[C@H](c1ccccc1)C1CC1)c1ccc2c(c1)OCCCO2. The van der Waals surface area contributed by atoms with Crippen molar-refractivity contribution in [3.05, 3.63) is 54.1 Å². The van der Waals surface area contributed by atoms with Crippen LogP contribution in [0.1, 0.15) is 30.9 Å².